The van der Waals surface area contributed by atoms with Crippen LogP contribution in [0.3, 0.4) is 0 Å². The van der Waals surface area contributed by atoms with E-state index in [-0.39, 0.29) is 48.6 Å². The van der Waals surface area contributed by atoms with Crippen LogP contribution in [0.1, 0.15) is 19.3 Å². The second-order valence-electron chi connectivity index (χ2n) is 5.33. The fraction of sp³-hybridized carbons (Fsp3) is 0.571. The Morgan fingerprint density at radius 2 is 2.12 bits per heavy atom. The molecule has 1 fully saturated rings. The molecule has 1 aliphatic rings. The minimum absolute atomic E-state index is 0. The molecule has 1 aromatic rings. The fourth-order valence-corrected chi connectivity index (χ4v) is 3.35. The molecule has 0 radical (unpaired) electrons. The first-order valence-electron chi connectivity index (χ1n) is 7.45. The van der Waals surface area contributed by atoms with Gasteiger partial charge in [-0.2, -0.15) is 0 Å². The quantitative estimate of drug-likeness (QED) is 0.598. The highest BCUT2D eigenvalue weighted by Crippen LogP contribution is 2.10. The Bertz CT molecular complexity index is 581. The monoisotopic (exact) mass is 398 g/mol. The lowest BCUT2D eigenvalue weighted by atomic mass is 10.1. The molecule has 1 unspecified atom stereocenters. The van der Waals surface area contributed by atoms with Crippen LogP contribution in [0.2, 0.25) is 0 Å². The van der Waals surface area contributed by atoms with E-state index in [1.165, 1.54) is 18.5 Å². The van der Waals surface area contributed by atoms with E-state index >= 15 is 0 Å². The first-order chi connectivity index (χ1) is 10.6. The fourth-order valence-electron chi connectivity index (χ4n) is 2.35. The molecular formula is C14H24Cl2N4O3S. The van der Waals surface area contributed by atoms with Gasteiger partial charge in [-0.25, -0.2) is 13.1 Å². The summed E-state index contributed by atoms with van der Waals surface area (Å²) >= 11 is 0. The molecule has 24 heavy (non-hydrogen) atoms. The Kier molecular flexibility index (Phi) is 11.1. The molecule has 1 saturated heterocycles. The molecule has 10 heteroatoms. The van der Waals surface area contributed by atoms with Crippen LogP contribution >= 0.6 is 24.8 Å². The number of hydrogen-bond donors (Lipinski definition) is 3. The maximum Gasteiger partial charge on any atom is 0.242 e. The molecule has 3 N–H and O–H groups in total. The molecule has 2 rings (SSSR count). The summed E-state index contributed by atoms with van der Waals surface area (Å²) < 4.78 is 26.2. The number of nitrogens with one attached hydrogen (secondary N) is 3. The Morgan fingerprint density at radius 1 is 1.33 bits per heavy atom. The summed E-state index contributed by atoms with van der Waals surface area (Å²) in [5.41, 5.74) is 0. The predicted octanol–water partition coefficient (Wildman–Crippen LogP) is 0.709. The van der Waals surface area contributed by atoms with Gasteiger partial charge in [0.2, 0.25) is 15.9 Å². The molecule has 0 bridgehead atoms. The minimum atomic E-state index is -3.59. The number of nitrogens with zero attached hydrogens (tertiary/aromatic N) is 1. The summed E-state index contributed by atoms with van der Waals surface area (Å²) in [5.74, 6) is 0.490. The predicted molar refractivity (Wildman–Crippen MR) is 97.1 cm³/mol. The number of carbonyl (C=O) groups excluding carboxylic acids is 1. The number of halogens is 2. The van der Waals surface area contributed by atoms with Crippen LogP contribution < -0.4 is 15.4 Å². The van der Waals surface area contributed by atoms with Gasteiger partial charge in [0.05, 0.1) is 0 Å². The largest absolute Gasteiger partial charge is 0.356 e. The third-order valence-electron chi connectivity index (χ3n) is 3.63. The Labute approximate surface area is 155 Å². The van der Waals surface area contributed by atoms with Crippen molar-refractivity contribution in [1.29, 1.82) is 0 Å². The molecule has 1 amide bonds. The molecule has 0 saturated carbocycles. The smallest absolute Gasteiger partial charge is 0.242 e. The Hall–Kier alpha value is -0.930. The van der Waals surface area contributed by atoms with Gasteiger partial charge in [0.25, 0.3) is 0 Å². The van der Waals surface area contributed by atoms with Crippen molar-refractivity contribution in [3.05, 3.63) is 24.5 Å². The van der Waals surface area contributed by atoms with Crippen molar-refractivity contribution in [2.75, 3.05) is 26.2 Å². The summed E-state index contributed by atoms with van der Waals surface area (Å²) in [6.07, 6.45) is 5.02. The zero-order chi connectivity index (χ0) is 15.8. The zero-order valence-electron chi connectivity index (χ0n) is 13.2. The van der Waals surface area contributed by atoms with E-state index in [4.69, 9.17) is 0 Å². The van der Waals surface area contributed by atoms with E-state index in [9.17, 15) is 13.2 Å². The normalized spacial score (nSPS) is 16.8. The lowest BCUT2D eigenvalue weighted by molar-refractivity contribution is -0.120. The van der Waals surface area contributed by atoms with Crippen molar-refractivity contribution in [2.45, 2.75) is 24.2 Å². The van der Waals surface area contributed by atoms with Gasteiger partial charge >= 0.3 is 0 Å². The highest BCUT2D eigenvalue weighted by atomic mass is 35.5. The van der Waals surface area contributed by atoms with E-state index in [1.54, 1.807) is 6.07 Å². The second-order valence-corrected chi connectivity index (χ2v) is 7.10. The van der Waals surface area contributed by atoms with Gasteiger partial charge < -0.3 is 10.6 Å². The number of hydrogen-bond acceptors (Lipinski definition) is 5. The van der Waals surface area contributed by atoms with Crippen LogP contribution in [0.15, 0.2) is 29.4 Å². The highest BCUT2D eigenvalue weighted by Gasteiger charge is 2.15. The molecule has 1 aromatic heterocycles. The number of rotatable bonds is 8. The Morgan fingerprint density at radius 3 is 2.75 bits per heavy atom. The van der Waals surface area contributed by atoms with Crippen molar-refractivity contribution in [1.82, 2.24) is 20.3 Å². The summed E-state index contributed by atoms with van der Waals surface area (Å²) in [4.78, 5) is 15.5. The van der Waals surface area contributed by atoms with Crippen molar-refractivity contribution in [3.8, 4) is 0 Å². The average molecular weight is 399 g/mol. The SMILES string of the molecule is Cl.Cl.O=C(CCNS(=O)(=O)c1cccnc1)NCCC1CCNC1. The third-order valence-corrected chi connectivity index (χ3v) is 5.07. The zero-order valence-corrected chi connectivity index (χ0v) is 15.7. The van der Waals surface area contributed by atoms with Gasteiger partial charge in [-0.1, -0.05) is 0 Å². The van der Waals surface area contributed by atoms with E-state index in [2.05, 4.69) is 20.3 Å². The van der Waals surface area contributed by atoms with Gasteiger partial charge in [-0.15, -0.1) is 24.8 Å². The topological polar surface area (TPSA) is 100 Å². The standard InChI is InChI=1S/C14H22N4O3S.2ClH/c19-14(17-8-4-12-3-7-16-10-12)5-9-18-22(20,21)13-2-1-6-15-11-13;;/h1-2,6,11-12,16,18H,3-5,7-10H2,(H,17,19);2*1H. The van der Waals surface area contributed by atoms with Crippen LogP contribution in [0.25, 0.3) is 0 Å². The summed E-state index contributed by atoms with van der Waals surface area (Å²) in [6, 6.07) is 3.02. The number of amides is 1. The van der Waals surface area contributed by atoms with Crippen molar-refractivity contribution < 1.29 is 13.2 Å². The van der Waals surface area contributed by atoms with Crippen molar-refractivity contribution in [3.63, 3.8) is 0 Å². The number of sulfonamides is 1. The van der Waals surface area contributed by atoms with Crippen molar-refractivity contribution in [2.24, 2.45) is 5.92 Å². The molecule has 0 spiro atoms. The number of pyridine rings is 1. The van der Waals surface area contributed by atoms with Gasteiger partial charge in [-0.3, -0.25) is 9.78 Å². The summed E-state index contributed by atoms with van der Waals surface area (Å²) in [6.45, 7) is 2.78. The summed E-state index contributed by atoms with van der Waals surface area (Å²) in [5, 5.41) is 6.10. The maximum atomic E-state index is 11.9. The van der Waals surface area contributed by atoms with E-state index < -0.39 is 10.0 Å². The summed E-state index contributed by atoms with van der Waals surface area (Å²) in [7, 11) is -3.59. The molecule has 0 aromatic carbocycles. The van der Waals surface area contributed by atoms with Gasteiger partial charge in [-0.05, 0) is 44.0 Å². The first-order valence-corrected chi connectivity index (χ1v) is 8.93. The molecular weight excluding hydrogens is 375 g/mol. The lowest BCUT2D eigenvalue weighted by Crippen LogP contribution is -2.31. The molecule has 7 nitrogen and oxygen atoms in total. The van der Waals surface area contributed by atoms with Gasteiger partial charge in [0.1, 0.15) is 4.90 Å². The lowest BCUT2D eigenvalue weighted by Gasteiger charge is -2.10. The molecule has 0 aliphatic carbocycles. The number of aromatic nitrogens is 1. The van der Waals surface area contributed by atoms with Crippen LogP contribution in [-0.2, 0) is 14.8 Å². The van der Waals surface area contributed by atoms with E-state index in [0.717, 1.165) is 25.9 Å². The van der Waals surface area contributed by atoms with Gasteiger partial charge in [0, 0.05) is 31.9 Å². The van der Waals surface area contributed by atoms with Crippen molar-refractivity contribution >= 4 is 40.7 Å². The van der Waals surface area contributed by atoms with E-state index in [1.807, 2.05) is 0 Å². The first kappa shape index (κ1) is 23.1. The average Bonchev–Trinajstić information content (AvgIpc) is 3.01. The molecule has 138 valence electrons. The van der Waals surface area contributed by atoms with Gasteiger partial charge in [0.15, 0.2) is 0 Å². The third kappa shape index (κ3) is 7.76. The Balaban J connectivity index is 0.00000264. The van der Waals surface area contributed by atoms with Crippen LogP contribution in [-0.4, -0.2) is 45.5 Å². The van der Waals surface area contributed by atoms with Crippen LogP contribution in [0.5, 0.6) is 0 Å². The van der Waals surface area contributed by atoms with Crippen LogP contribution in [0, 0.1) is 5.92 Å². The molecule has 1 atom stereocenters. The highest BCUT2D eigenvalue weighted by molar-refractivity contribution is 7.89. The maximum absolute atomic E-state index is 11.9. The molecule has 1 aliphatic heterocycles. The number of carbonyl (C=O) groups is 1. The minimum Gasteiger partial charge on any atom is -0.356 e. The molecule has 2 heterocycles. The van der Waals surface area contributed by atoms with Crippen LogP contribution in [0.4, 0.5) is 0 Å². The second kappa shape index (κ2) is 11.6. The van der Waals surface area contributed by atoms with E-state index in [0.29, 0.717) is 12.5 Å².